The summed E-state index contributed by atoms with van der Waals surface area (Å²) in [6, 6.07) is 9.97. The number of carbonyl (C=O) groups excluding carboxylic acids is 1. The van der Waals surface area contributed by atoms with Crippen LogP contribution in [0.1, 0.15) is 25.7 Å². The predicted molar refractivity (Wildman–Crippen MR) is 83.1 cm³/mol. The van der Waals surface area contributed by atoms with Crippen molar-refractivity contribution >= 4 is 11.9 Å². The first kappa shape index (κ1) is 20.6. The van der Waals surface area contributed by atoms with E-state index in [1.54, 1.807) is 0 Å². The van der Waals surface area contributed by atoms with Crippen molar-refractivity contribution in [1.29, 1.82) is 0 Å². The lowest BCUT2D eigenvalue weighted by Gasteiger charge is -2.05. The zero-order chi connectivity index (χ0) is 17.3. The molecule has 1 aromatic carbocycles. The second-order valence-corrected chi connectivity index (χ2v) is 4.57. The molecule has 128 valence electrons. The lowest BCUT2D eigenvalue weighted by Crippen LogP contribution is -2.64. The molecular weight excluding hydrogens is 300 g/mol. The highest BCUT2D eigenvalue weighted by atomic mass is 16.5. The van der Waals surface area contributed by atoms with Gasteiger partial charge < -0.3 is 19.7 Å². The fourth-order valence-electron chi connectivity index (χ4n) is 1.55. The molecule has 1 rings (SSSR count). The van der Waals surface area contributed by atoms with Crippen LogP contribution in [0, 0.1) is 0 Å². The molecule has 0 radical (unpaired) electrons. The summed E-state index contributed by atoms with van der Waals surface area (Å²) in [4.78, 5) is 19.0. The highest BCUT2D eigenvalue weighted by Gasteiger charge is 1.92. The third-order valence-corrected chi connectivity index (χ3v) is 2.62. The summed E-state index contributed by atoms with van der Waals surface area (Å²) in [6.45, 7) is 1.83. The van der Waals surface area contributed by atoms with E-state index in [-0.39, 0.29) is 0 Å². The molecular formula is C16H24N2O5. The smallest absolute Gasteiger partial charge is 0.328 e. The molecule has 5 N–H and O–H groups in total. The van der Waals surface area contributed by atoms with E-state index in [1.165, 1.54) is 19.3 Å². The largest absolute Gasteiger partial charge is 0.545 e. The number of quaternary nitrogens is 1. The number of benzene rings is 1. The van der Waals surface area contributed by atoms with Gasteiger partial charge in [-0.3, -0.25) is 5.84 Å². The Balaban J connectivity index is 0.000000515. The van der Waals surface area contributed by atoms with Gasteiger partial charge in [-0.05, 0) is 31.1 Å². The Morgan fingerprint density at radius 2 is 1.78 bits per heavy atom. The average molecular weight is 324 g/mol. The third-order valence-electron chi connectivity index (χ3n) is 2.62. The topological polar surface area (TPSA) is 126 Å². The molecule has 1 aromatic rings. The Kier molecular flexibility index (Phi) is 13.0. The predicted octanol–water partition coefficient (Wildman–Crippen LogP) is -0.251. The molecule has 0 aliphatic heterocycles. The Morgan fingerprint density at radius 1 is 1.13 bits per heavy atom. The molecule has 0 fully saturated rings. The molecule has 0 atom stereocenters. The second kappa shape index (κ2) is 14.6. The molecule has 0 aliphatic rings. The van der Waals surface area contributed by atoms with Gasteiger partial charge in [-0.1, -0.05) is 31.0 Å². The average Bonchev–Trinajstić information content (AvgIpc) is 2.54. The summed E-state index contributed by atoms with van der Waals surface area (Å²) in [5.41, 5.74) is 2.90. The van der Waals surface area contributed by atoms with Gasteiger partial charge in [0.1, 0.15) is 5.75 Å². The number of nitrogens with one attached hydrogen (secondary N) is 1. The molecule has 0 amide bonds. The van der Waals surface area contributed by atoms with Crippen LogP contribution in [-0.4, -0.2) is 30.2 Å². The summed E-state index contributed by atoms with van der Waals surface area (Å²) in [7, 11) is 0. The van der Waals surface area contributed by atoms with Crippen molar-refractivity contribution < 1.29 is 30.4 Å². The number of carboxylic acid groups (broad SMARTS) is 2. The van der Waals surface area contributed by atoms with E-state index in [0.717, 1.165) is 25.3 Å². The Hall–Kier alpha value is -2.38. The molecule has 0 saturated heterocycles. The third kappa shape index (κ3) is 15.8. The highest BCUT2D eigenvalue weighted by molar-refractivity contribution is 5.88. The SMILES string of the molecule is O=C([O-])/C=C\C(=O)O.[NH3+]NCCCCCCOc1ccccc1. The van der Waals surface area contributed by atoms with Crippen LogP contribution in [0.5, 0.6) is 5.75 Å². The van der Waals surface area contributed by atoms with E-state index in [4.69, 9.17) is 9.84 Å². The van der Waals surface area contributed by atoms with E-state index >= 15 is 0 Å². The standard InChI is InChI=1S/C12H20N2O.C4H4O4/c13-14-10-6-1-2-7-11-15-12-8-4-3-5-9-12;5-3(6)1-2-4(7)8/h3-5,8-9,14H,1-2,6-7,10-11,13H2;1-2H,(H,5,6)(H,7,8)/b;2-1-. The molecule has 0 aliphatic carbocycles. The summed E-state index contributed by atoms with van der Waals surface area (Å²) in [5, 5.41) is 17.2. The molecule has 23 heavy (non-hydrogen) atoms. The highest BCUT2D eigenvalue weighted by Crippen LogP contribution is 2.09. The van der Waals surface area contributed by atoms with Gasteiger partial charge in [-0.25, -0.2) is 4.79 Å². The quantitative estimate of drug-likeness (QED) is 0.309. The van der Waals surface area contributed by atoms with E-state index < -0.39 is 11.9 Å². The van der Waals surface area contributed by atoms with Crippen LogP contribution in [0.15, 0.2) is 42.5 Å². The van der Waals surface area contributed by atoms with Crippen LogP contribution < -0.4 is 21.1 Å². The summed E-state index contributed by atoms with van der Waals surface area (Å²) < 4.78 is 5.58. The Bertz CT molecular complexity index is 447. The fraction of sp³-hybridized carbons (Fsp3) is 0.375. The number of unbranched alkanes of at least 4 members (excludes halogenated alkanes) is 3. The van der Waals surface area contributed by atoms with Crippen molar-refractivity contribution in [3.05, 3.63) is 42.5 Å². The number of hydrogen-bond acceptors (Lipinski definition) is 5. The first-order valence-electron chi connectivity index (χ1n) is 7.36. The van der Waals surface area contributed by atoms with Crippen LogP contribution >= 0.6 is 0 Å². The number of para-hydroxylation sites is 1. The van der Waals surface area contributed by atoms with Gasteiger partial charge in [0, 0.05) is 12.6 Å². The van der Waals surface area contributed by atoms with Gasteiger partial charge in [0.05, 0.1) is 12.6 Å². The monoisotopic (exact) mass is 324 g/mol. The fourth-order valence-corrected chi connectivity index (χ4v) is 1.55. The molecule has 0 aromatic heterocycles. The van der Waals surface area contributed by atoms with Gasteiger partial charge in [-0.15, -0.1) is 0 Å². The van der Waals surface area contributed by atoms with Crippen molar-refractivity contribution in [3.63, 3.8) is 0 Å². The molecule has 7 nitrogen and oxygen atoms in total. The first-order valence-corrected chi connectivity index (χ1v) is 7.36. The number of rotatable bonds is 10. The Morgan fingerprint density at radius 3 is 2.30 bits per heavy atom. The number of aliphatic carboxylic acids is 2. The molecule has 0 saturated carbocycles. The summed E-state index contributed by atoms with van der Waals surface area (Å²) in [6.07, 6.45) is 5.76. The molecule has 7 heteroatoms. The number of carboxylic acids is 2. The van der Waals surface area contributed by atoms with Gasteiger partial charge >= 0.3 is 5.97 Å². The number of hydrogen-bond donors (Lipinski definition) is 3. The van der Waals surface area contributed by atoms with Crippen molar-refractivity contribution in [2.24, 2.45) is 0 Å². The molecule has 0 unspecified atom stereocenters. The van der Waals surface area contributed by atoms with Crippen LogP contribution in [-0.2, 0) is 9.59 Å². The minimum absolute atomic E-state index is 0.447. The Labute approximate surface area is 135 Å². The van der Waals surface area contributed by atoms with Crippen LogP contribution in [0.2, 0.25) is 0 Å². The maximum atomic E-state index is 9.53. The van der Waals surface area contributed by atoms with Crippen LogP contribution in [0.4, 0.5) is 0 Å². The van der Waals surface area contributed by atoms with E-state index in [2.05, 4.69) is 11.3 Å². The van der Waals surface area contributed by atoms with E-state index in [9.17, 15) is 14.7 Å². The number of carbonyl (C=O) groups is 2. The summed E-state index contributed by atoms with van der Waals surface area (Å²) in [5.74, 6) is 1.75. The van der Waals surface area contributed by atoms with Gasteiger partial charge in [-0.2, -0.15) is 5.43 Å². The zero-order valence-electron chi connectivity index (χ0n) is 13.1. The van der Waals surface area contributed by atoms with Crippen LogP contribution in [0.25, 0.3) is 0 Å². The van der Waals surface area contributed by atoms with Crippen molar-refractivity contribution in [1.82, 2.24) is 5.43 Å². The minimum Gasteiger partial charge on any atom is -0.545 e. The molecule has 0 spiro atoms. The summed E-state index contributed by atoms with van der Waals surface area (Å²) >= 11 is 0. The maximum absolute atomic E-state index is 9.53. The normalized spacial score (nSPS) is 9.96. The maximum Gasteiger partial charge on any atom is 0.328 e. The number of ether oxygens (including phenoxy) is 1. The zero-order valence-corrected chi connectivity index (χ0v) is 13.1. The molecule has 0 heterocycles. The lowest BCUT2D eigenvalue weighted by molar-refractivity contribution is -0.442. The van der Waals surface area contributed by atoms with Gasteiger partial charge in [0.15, 0.2) is 0 Å². The van der Waals surface area contributed by atoms with Crippen molar-refractivity contribution in [2.75, 3.05) is 13.2 Å². The van der Waals surface area contributed by atoms with Gasteiger partial charge in [0.2, 0.25) is 0 Å². The first-order chi connectivity index (χ1) is 11.1. The van der Waals surface area contributed by atoms with Gasteiger partial charge in [0.25, 0.3) is 0 Å². The minimum atomic E-state index is -1.51. The van der Waals surface area contributed by atoms with Crippen molar-refractivity contribution in [3.8, 4) is 5.75 Å². The van der Waals surface area contributed by atoms with E-state index in [1.807, 2.05) is 30.3 Å². The van der Waals surface area contributed by atoms with E-state index in [0.29, 0.717) is 12.2 Å². The lowest BCUT2D eigenvalue weighted by atomic mass is 10.2. The van der Waals surface area contributed by atoms with Crippen molar-refractivity contribution in [2.45, 2.75) is 25.7 Å². The molecule has 0 bridgehead atoms. The second-order valence-electron chi connectivity index (χ2n) is 4.57. The van der Waals surface area contributed by atoms with Crippen LogP contribution in [0.3, 0.4) is 0 Å².